The SMILES string of the molecule is Cc1[nH]c(/C=C2\C(=O)Nc3ccc(F)cc32)c(C)c1C(=O)NC(C)C(=O)NC1CCN(Cc2ccccc2)C1. The number of nitrogens with one attached hydrogen (secondary N) is 4. The van der Waals surface area contributed by atoms with Crippen LogP contribution >= 0.6 is 0 Å². The summed E-state index contributed by atoms with van der Waals surface area (Å²) in [6.45, 7) is 7.70. The first kappa shape index (κ1) is 26.4. The highest BCUT2D eigenvalue weighted by Gasteiger charge is 2.28. The van der Waals surface area contributed by atoms with Crippen molar-refractivity contribution < 1.29 is 18.8 Å². The first-order valence-corrected chi connectivity index (χ1v) is 13.1. The summed E-state index contributed by atoms with van der Waals surface area (Å²) in [7, 11) is 0. The van der Waals surface area contributed by atoms with Crippen molar-refractivity contribution in [1.82, 2.24) is 20.5 Å². The minimum absolute atomic E-state index is 0.0276. The van der Waals surface area contributed by atoms with Crippen LogP contribution in [0.4, 0.5) is 10.1 Å². The second-order valence-corrected chi connectivity index (χ2v) is 10.3. The maximum absolute atomic E-state index is 13.8. The number of hydrogen-bond acceptors (Lipinski definition) is 4. The highest BCUT2D eigenvalue weighted by atomic mass is 19.1. The quantitative estimate of drug-likeness (QED) is 0.350. The molecule has 2 atom stereocenters. The predicted molar refractivity (Wildman–Crippen MR) is 148 cm³/mol. The zero-order valence-corrected chi connectivity index (χ0v) is 22.2. The molecule has 202 valence electrons. The summed E-state index contributed by atoms with van der Waals surface area (Å²) in [6.07, 6.45) is 2.48. The van der Waals surface area contributed by atoms with Crippen molar-refractivity contribution in [1.29, 1.82) is 0 Å². The van der Waals surface area contributed by atoms with E-state index in [4.69, 9.17) is 0 Å². The van der Waals surface area contributed by atoms with Gasteiger partial charge in [0.1, 0.15) is 11.9 Å². The Labute approximate surface area is 226 Å². The van der Waals surface area contributed by atoms with E-state index >= 15 is 0 Å². The van der Waals surface area contributed by atoms with Crippen molar-refractivity contribution in [2.45, 2.75) is 45.8 Å². The van der Waals surface area contributed by atoms with Crippen molar-refractivity contribution in [3.8, 4) is 0 Å². The highest BCUT2D eigenvalue weighted by Crippen LogP contribution is 2.34. The predicted octanol–water partition coefficient (Wildman–Crippen LogP) is 3.77. The number of likely N-dealkylation sites (tertiary alicyclic amines) is 1. The summed E-state index contributed by atoms with van der Waals surface area (Å²) in [5, 5.41) is 8.60. The number of aromatic amines is 1. The summed E-state index contributed by atoms with van der Waals surface area (Å²) in [5.74, 6) is -1.39. The monoisotopic (exact) mass is 529 g/mol. The van der Waals surface area contributed by atoms with E-state index in [1.54, 1.807) is 26.8 Å². The summed E-state index contributed by atoms with van der Waals surface area (Å²) < 4.78 is 13.8. The van der Waals surface area contributed by atoms with Gasteiger partial charge in [-0.1, -0.05) is 30.3 Å². The Morgan fingerprint density at radius 1 is 1.18 bits per heavy atom. The largest absolute Gasteiger partial charge is 0.358 e. The molecule has 3 aromatic rings. The molecular formula is C30H32FN5O3. The van der Waals surface area contributed by atoms with E-state index in [9.17, 15) is 18.8 Å². The van der Waals surface area contributed by atoms with Gasteiger partial charge in [-0.2, -0.15) is 0 Å². The van der Waals surface area contributed by atoms with E-state index in [1.165, 1.54) is 23.8 Å². The van der Waals surface area contributed by atoms with Crippen LogP contribution in [-0.2, 0) is 16.1 Å². The van der Waals surface area contributed by atoms with Crippen molar-refractivity contribution in [2.24, 2.45) is 0 Å². The molecule has 5 rings (SSSR count). The van der Waals surface area contributed by atoms with Crippen LogP contribution in [0.15, 0.2) is 48.5 Å². The van der Waals surface area contributed by atoms with Gasteiger partial charge < -0.3 is 20.9 Å². The average molecular weight is 530 g/mol. The fourth-order valence-corrected chi connectivity index (χ4v) is 5.30. The fourth-order valence-electron chi connectivity index (χ4n) is 5.30. The first-order valence-electron chi connectivity index (χ1n) is 13.1. The normalized spacial score (nSPS) is 18.6. The number of carbonyl (C=O) groups is 3. The van der Waals surface area contributed by atoms with Gasteiger partial charge in [0.2, 0.25) is 5.91 Å². The summed E-state index contributed by atoms with van der Waals surface area (Å²) in [4.78, 5) is 44.0. The number of aryl methyl sites for hydroxylation is 1. The lowest BCUT2D eigenvalue weighted by atomic mass is 10.0. The average Bonchev–Trinajstić information content (AvgIpc) is 3.55. The Balaban J connectivity index is 1.22. The zero-order chi connectivity index (χ0) is 27.7. The second kappa shape index (κ2) is 10.9. The van der Waals surface area contributed by atoms with Crippen LogP contribution in [0.3, 0.4) is 0 Å². The molecule has 8 nitrogen and oxygen atoms in total. The van der Waals surface area contributed by atoms with Gasteiger partial charge in [-0.15, -0.1) is 0 Å². The number of rotatable bonds is 7. The van der Waals surface area contributed by atoms with Crippen LogP contribution in [-0.4, -0.2) is 52.8 Å². The van der Waals surface area contributed by atoms with E-state index in [2.05, 4.69) is 38.0 Å². The topological polar surface area (TPSA) is 106 Å². The van der Waals surface area contributed by atoms with Crippen LogP contribution in [0.25, 0.3) is 11.6 Å². The van der Waals surface area contributed by atoms with E-state index in [0.29, 0.717) is 39.3 Å². The van der Waals surface area contributed by atoms with Crippen molar-refractivity contribution in [2.75, 3.05) is 18.4 Å². The van der Waals surface area contributed by atoms with E-state index < -0.39 is 11.9 Å². The number of amides is 3. The number of halogens is 1. The Morgan fingerprint density at radius 3 is 2.72 bits per heavy atom. The zero-order valence-electron chi connectivity index (χ0n) is 22.2. The van der Waals surface area contributed by atoms with E-state index in [1.807, 2.05) is 18.2 Å². The van der Waals surface area contributed by atoms with Crippen LogP contribution in [0.2, 0.25) is 0 Å². The third-order valence-electron chi connectivity index (χ3n) is 7.37. The molecule has 2 aromatic carbocycles. The van der Waals surface area contributed by atoms with E-state index in [0.717, 1.165) is 26.1 Å². The van der Waals surface area contributed by atoms with E-state index in [-0.39, 0.29) is 23.8 Å². The Bertz CT molecular complexity index is 1460. The third kappa shape index (κ3) is 5.63. The molecule has 2 aliphatic rings. The molecular weight excluding hydrogens is 497 g/mol. The molecule has 2 aliphatic heterocycles. The van der Waals surface area contributed by atoms with Crippen molar-refractivity contribution in [3.63, 3.8) is 0 Å². The lowest BCUT2D eigenvalue weighted by molar-refractivity contribution is -0.123. The number of aromatic nitrogens is 1. The molecule has 0 aliphatic carbocycles. The number of hydrogen-bond donors (Lipinski definition) is 4. The van der Waals surface area contributed by atoms with Gasteiger partial charge in [-0.05, 0) is 62.6 Å². The first-order chi connectivity index (χ1) is 18.7. The summed E-state index contributed by atoms with van der Waals surface area (Å²) in [6, 6.07) is 13.6. The molecule has 0 spiro atoms. The van der Waals surface area contributed by atoms with Crippen LogP contribution < -0.4 is 16.0 Å². The fraction of sp³-hybridized carbons (Fsp3) is 0.300. The van der Waals surface area contributed by atoms with Crippen LogP contribution in [0.5, 0.6) is 0 Å². The third-order valence-corrected chi connectivity index (χ3v) is 7.37. The molecule has 0 radical (unpaired) electrons. The lowest BCUT2D eigenvalue weighted by Crippen LogP contribution is -2.48. The van der Waals surface area contributed by atoms with Crippen LogP contribution in [0, 0.1) is 19.7 Å². The molecule has 9 heteroatoms. The smallest absolute Gasteiger partial charge is 0.256 e. The number of nitrogens with zero attached hydrogens (tertiary/aromatic N) is 1. The number of H-pyrrole nitrogens is 1. The molecule has 1 aromatic heterocycles. The molecule has 1 saturated heterocycles. The van der Waals surface area contributed by atoms with Gasteiger partial charge in [-0.3, -0.25) is 19.3 Å². The van der Waals surface area contributed by atoms with Gasteiger partial charge in [0.05, 0.1) is 11.1 Å². The van der Waals surface area contributed by atoms with Gasteiger partial charge in [0.25, 0.3) is 11.8 Å². The minimum atomic E-state index is -0.730. The lowest BCUT2D eigenvalue weighted by Gasteiger charge is -2.19. The van der Waals surface area contributed by atoms with Crippen molar-refractivity contribution >= 4 is 35.1 Å². The van der Waals surface area contributed by atoms with Gasteiger partial charge in [0, 0.05) is 48.3 Å². The molecule has 39 heavy (non-hydrogen) atoms. The maximum atomic E-state index is 13.8. The Kier molecular flexibility index (Phi) is 7.34. The molecule has 0 saturated carbocycles. The molecule has 3 amide bonds. The van der Waals surface area contributed by atoms with Crippen LogP contribution in [0.1, 0.15) is 51.8 Å². The number of anilines is 1. The minimum Gasteiger partial charge on any atom is -0.358 e. The number of fused-ring (bicyclic) bond motifs is 1. The molecule has 0 bridgehead atoms. The Morgan fingerprint density at radius 2 is 1.95 bits per heavy atom. The molecule has 3 heterocycles. The number of benzene rings is 2. The maximum Gasteiger partial charge on any atom is 0.256 e. The van der Waals surface area contributed by atoms with Gasteiger partial charge in [-0.25, -0.2) is 4.39 Å². The highest BCUT2D eigenvalue weighted by molar-refractivity contribution is 6.34. The standard InChI is InChI=1S/C30H32FN5O3/c1-17-26(14-24-23-13-21(31)9-10-25(23)35-29(24)38)32-18(2)27(17)30(39)33-19(3)28(37)34-22-11-12-36(16-22)15-20-7-5-4-6-8-20/h4-10,13-14,19,22,32H,11-12,15-16H2,1-3H3,(H,33,39)(H,34,37)(H,35,38)/b24-14-. The summed E-state index contributed by atoms with van der Waals surface area (Å²) in [5.41, 5.74) is 4.78. The Hall–Kier alpha value is -4.24. The molecule has 1 fully saturated rings. The molecule has 2 unspecified atom stereocenters. The van der Waals surface area contributed by atoms with Gasteiger partial charge >= 0.3 is 0 Å². The summed E-state index contributed by atoms with van der Waals surface area (Å²) >= 11 is 0. The second-order valence-electron chi connectivity index (χ2n) is 10.3. The number of carbonyl (C=O) groups excluding carboxylic acids is 3. The van der Waals surface area contributed by atoms with Crippen molar-refractivity contribution in [3.05, 3.63) is 88.0 Å². The van der Waals surface area contributed by atoms with Gasteiger partial charge in [0.15, 0.2) is 0 Å². The molecule has 4 N–H and O–H groups in total.